The molecule has 1 saturated carbocycles. The highest BCUT2D eigenvalue weighted by molar-refractivity contribution is 5.96. The van der Waals surface area contributed by atoms with Gasteiger partial charge in [0.15, 0.2) is 0 Å². The molecule has 0 saturated heterocycles. The molecule has 1 aliphatic carbocycles. The number of rotatable bonds is 3. The Kier molecular flexibility index (Phi) is 2.63. The van der Waals surface area contributed by atoms with E-state index in [0.29, 0.717) is 11.6 Å². The number of carbonyl (C=O) groups excluding carboxylic acids is 1. The summed E-state index contributed by atoms with van der Waals surface area (Å²) < 4.78 is 0. The van der Waals surface area contributed by atoms with E-state index in [1.165, 1.54) is 0 Å². The van der Waals surface area contributed by atoms with Crippen molar-refractivity contribution in [2.75, 3.05) is 0 Å². The summed E-state index contributed by atoms with van der Waals surface area (Å²) in [6, 6.07) is 6.16. The second kappa shape index (κ2) is 4.29. The van der Waals surface area contributed by atoms with Gasteiger partial charge in [-0.15, -0.1) is 0 Å². The van der Waals surface area contributed by atoms with Crippen LogP contribution in [0.5, 0.6) is 0 Å². The predicted octanol–water partition coefficient (Wildman–Crippen LogP) is 2.28. The fraction of sp³-hybridized carbons (Fsp3) is 0.286. The van der Waals surface area contributed by atoms with Crippen molar-refractivity contribution in [1.82, 2.24) is 15.5 Å². The normalized spacial score (nSPS) is 14.5. The third-order valence-electron chi connectivity index (χ3n) is 3.22. The van der Waals surface area contributed by atoms with Crippen molar-refractivity contribution in [3.63, 3.8) is 0 Å². The summed E-state index contributed by atoms with van der Waals surface area (Å²) in [6.07, 6.45) is 5.81. The minimum Gasteiger partial charge on any atom is -0.349 e. The standard InChI is InChI=1S/C14H15N3O/c1-9-2-3-10(14(18)17-12-4-5-12)6-13(9)11-7-15-16-8-11/h2-3,6-8,12H,4-5H2,1H3,(H,15,16)(H,17,18). The maximum absolute atomic E-state index is 12.0. The van der Waals surface area contributed by atoms with E-state index in [9.17, 15) is 4.79 Å². The molecule has 0 atom stereocenters. The first-order valence-corrected chi connectivity index (χ1v) is 6.15. The number of aryl methyl sites for hydroxylation is 1. The molecule has 4 nitrogen and oxygen atoms in total. The number of aromatic nitrogens is 2. The largest absolute Gasteiger partial charge is 0.349 e. The topological polar surface area (TPSA) is 57.8 Å². The number of benzene rings is 1. The van der Waals surface area contributed by atoms with Crippen LogP contribution in [0.2, 0.25) is 0 Å². The lowest BCUT2D eigenvalue weighted by atomic mass is 10.0. The van der Waals surface area contributed by atoms with E-state index in [1.54, 1.807) is 6.20 Å². The SMILES string of the molecule is Cc1ccc(C(=O)NC2CC2)cc1-c1cn[nH]c1. The van der Waals surface area contributed by atoms with E-state index in [-0.39, 0.29) is 5.91 Å². The maximum atomic E-state index is 12.0. The molecule has 1 aliphatic rings. The fourth-order valence-corrected chi connectivity index (χ4v) is 1.97. The van der Waals surface area contributed by atoms with Gasteiger partial charge >= 0.3 is 0 Å². The van der Waals surface area contributed by atoms with Gasteiger partial charge in [0, 0.05) is 23.4 Å². The van der Waals surface area contributed by atoms with Crippen LogP contribution in [0.1, 0.15) is 28.8 Å². The molecule has 92 valence electrons. The van der Waals surface area contributed by atoms with Gasteiger partial charge in [0.2, 0.25) is 0 Å². The fourth-order valence-electron chi connectivity index (χ4n) is 1.97. The van der Waals surface area contributed by atoms with Crippen LogP contribution in [0, 0.1) is 6.92 Å². The lowest BCUT2D eigenvalue weighted by Crippen LogP contribution is -2.25. The molecular formula is C14H15N3O. The van der Waals surface area contributed by atoms with E-state index >= 15 is 0 Å². The molecule has 18 heavy (non-hydrogen) atoms. The van der Waals surface area contributed by atoms with Crippen LogP contribution >= 0.6 is 0 Å². The average molecular weight is 241 g/mol. The summed E-state index contributed by atoms with van der Waals surface area (Å²) in [5.41, 5.74) is 3.91. The van der Waals surface area contributed by atoms with Crippen molar-refractivity contribution in [3.05, 3.63) is 41.7 Å². The molecule has 2 N–H and O–H groups in total. The summed E-state index contributed by atoms with van der Waals surface area (Å²) in [7, 11) is 0. The molecule has 0 bridgehead atoms. The van der Waals surface area contributed by atoms with E-state index in [2.05, 4.69) is 15.5 Å². The van der Waals surface area contributed by atoms with Crippen molar-refractivity contribution >= 4 is 5.91 Å². The summed E-state index contributed by atoms with van der Waals surface area (Å²) >= 11 is 0. The van der Waals surface area contributed by atoms with Gasteiger partial charge in [-0.05, 0) is 43.0 Å². The molecule has 3 rings (SSSR count). The van der Waals surface area contributed by atoms with Crippen molar-refractivity contribution < 1.29 is 4.79 Å². The summed E-state index contributed by atoms with van der Waals surface area (Å²) in [4.78, 5) is 12.0. The Balaban J connectivity index is 1.92. The van der Waals surface area contributed by atoms with Crippen molar-refractivity contribution in [1.29, 1.82) is 0 Å². The molecule has 0 unspecified atom stereocenters. The highest BCUT2D eigenvalue weighted by Crippen LogP contribution is 2.24. The Morgan fingerprint density at radius 3 is 2.94 bits per heavy atom. The molecule has 0 spiro atoms. The molecule has 1 aromatic heterocycles. The number of H-pyrrole nitrogens is 1. The molecule has 0 radical (unpaired) electrons. The van der Waals surface area contributed by atoms with E-state index in [4.69, 9.17) is 0 Å². The zero-order valence-electron chi connectivity index (χ0n) is 10.2. The zero-order valence-corrected chi connectivity index (χ0v) is 10.2. The minimum absolute atomic E-state index is 0.0160. The number of nitrogens with one attached hydrogen (secondary N) is 2. The molecule has 0 aliphatic heterocycles. The summed E-state index contributed by atoms with van der Waals surface area (Å²) in [5, 5.41) is 9.74. The number of hydrogen-bond acceptors (Lipinski definition) is 2. The highest BCUT2D eigenvalue weighted by Gasteiger charge is 2.24. The lowest BCUT2D eigenvalue weighted by Gasteiger charge is -2.07. The van der Waals surface area contributed by atoms with Gasteiger partial charge in [0.05, 0.1) is 6.20 Å². The van der Waals surface area contributed by atoms with Gasteiger partial charge in [-0.2, -0.15) is 5.10 Å². The zero-order chi connectivity index (χ0) is 12.5. The van der Waals surface area contributed by atoms with Crippen LogP contribution in [0.3, 0.4) is 0 Å². The molecular weight excluding hydrogens is 226 g/mol. The summed E-state index contributed by atoms with van der Waals surface area (Å²) in [6.45, 7) is 2.03. The van der Waals surface area contributed by atoms with Gasteiger partial charge in [-0.25, -0.2) is 0 Å². The third kappa shape index (κ3) is 2.14. The first-order valence-electron chi connectivity index (χ1n) is 6.15. The first-order chi connectivity index (χ1) is 8.74. The number of amides is 1. The van der Waals surface area contributed by atoms with Gasteiger partial charge in [0.25, 0.3) is 5.91 Å². The second-order valence-corrected chi connectivity index (χ2v) is 4.76. The van der Waals surface area contributed by atoms with Gasteiger partial charge in [0.1, 0.15) is 0 Å². The van der Waals surface area contributed by atoms with Crippen LogP contribution in [-0.4, -0.2) is 22.1 Å². The Hall–Kier alpha value is -2.10. The van der Waals surface area contributed by atoms with Crippen LogP contribution < -0.4 is 5.32 Å². The van der Waals surface area contributed by atoms with Crippen molar-refractivity contribution in [3.8, 4) is 11.1 Å². The molecule has 1 heterocycles. The second-order valence-electron chi connectivity index (χ2n) is 4.76. The minimum atomic E-state index is 0.0160. The molecule has 1 amide bonds. The van der Waals surface area contributed by atoms with Gasteiger partial charge in [-0.3, -0.25) is 9.89 Å². The Morgan fingerprint density at radius 1 is 1.44 bits per heavy atom. The van der Waals surface area contributed by atoms with Crippen LogP contribution in [0.25, 0.3) is 11.1 Å². The van der Waals surface area contributed by atoms with Crippen molar-refractivity contribution in [2.24, 2.45) is 0 Å². The molecule has 2 aromatic rings. The average Bonchev–Trinajstić information content (AvgIpc) is 3.01. The number of carbonyl (C=O) groups is 1. The quantitative estimate of drug-likeness (QED) is 0.866. The third-order valence-corrected chi connectivity index (χ3v) is 3.22. The number of aromatic amines is 1. The van der Waals surface area contributed by atoms with Crippen LogP contribution in [0.4, 0.5) is 0 Å². The molecule has 4 heteroatoms. The predicted molar refractivity (Wildman–Crippen MR) is 69.2 cm³/mol. The first kappa shape index (κ1) is 11.0. The van der Waals surface area contributed by atoms with E-state index < -0.39 is 0 Å². The molecule has 1 aromatic carbocycles. The van der Waals surface area contributed by atoms with Crippen LogP contribution in [0.15, 0.2) is 30.6 Å². The monoisotopic (exact) mass is 241 g/mol. The maximum Gasteiger partial charge on any atom is 0.251 e. The van der Waals surface area contributed by atoms with E-state index in [1.807, 2.05) is 31.3 Å². The van der Waals surface area contributed by atoms with Gasteiger partial charge in [-0.1, -0.05) is 6.07 Å². The van der Waals surface area contributed by atoms with Gasteiger partial charge < -0.3 is 5.32 Å². The Bertz CT molecular complexity index is 571. The lowest BCUT2D eigenvalue weighted by molar-refractivity contribution is 0.0951. The summed E-state index contributed by atoms with van der Waals surface area (Å²) in [5.74, 6) is 0.0160. The van der Waals surface area contributed by atoms with Crippen molar-refractivity contribution in [2.45, 2.75) is 25.8 Å². The Morgan fingerprint density at radius 2 is 2.28 bits per heavy atom. The van der Waals surface area contributed by atoms with Crippen LogP contribution in [-0.2, 0) is 0 Å². The number of hydrogen-bond donors (Lipinski definition) is 2. The Labute approximate surface area is 105 Å². The number of nitrogens with zero attached hydrogens (tertiary/aromatic N) is 1. The smallest absolute Gasteiger partial charge is 0.251 e. The van der Waals surface area contributed by atoms with E-state index in [0.717, 1.165) is 29.5 Å². The molecule has 1 fully saturated rings. The highest BCUT2D eigenvalue weighted by atomic mass is 16.1.